The first-order valence-electron chi connectivity index (χ1n) is 7.28. The normalized spacial score (nSPS) is 14.6. The van der Waals surface area contributed by atoms with Gasteiger partial charge >= 0.3 is 5.97 Å². The molecular formula is C16H17NO6. The van der Waals surface area contributed by atoms with E-state index in [1.165, 1.54) is 12.1 Å². The van der Waals surface area contributed by atoms with Crippen molar-refractivity contribution in [2.24, 2.45) is 0 Å². The highest BCUT2D eigenvalue weighted by atomic mass is 16.5. The smallest absolute Gasteiger partial charge is 0.313 e. The van der Waals surface area contributed by atoms with Gasteiger partial charge in [0.05, 0.1) is 17.7 Å². The van der Waals surface area contributed by atoms with E-state index in [1.807, 2.05) is 0 Å². The van der Waals surface area contributed by atoms with Crippen LogP contribution < -0.4 is 0 Å². The maximum atomic E-state index is 12.4. The summed E-state index contributed by atoms with van der Waals surface area (Å²) in [7, 11) is 0. The Morgan fingerprint density at radius 1 is 1.04 bits per heavy atom. The molecule has 1 heterocycles. The molecule has 0 spiro atoms. The van der Waals surface area contributed by atoms with Crippen molar-refractivity contribution in [2.45, 2.75) is 26.5 Å². The molecule has 0 saturated carbocycles. The van der Waals surface area contributed by atoms with Gasteiger partial charge in [0.1, 0.15) is 6.42 Å². The van der Waals surface area contributed by atoms with Crippen LogP contribution in [-0.2, 0) is 19.1 Å². The van der Waals surface area contributed by atoms with Gasteiger partial charge in [0.2, 0.25) is 0 Å². The van der Waals surface area contributed by atoms with Crippen molar-refractivity contribution in [1.82, 2.24) is 4.90 Å². The predicted molar refractivity (Wildman–Crippen MR) is 78.6 cm³/mol. The fraction of sp³-hybridized carbons (Fsp3) is 0.375. The van der Waals surface area contributed by atoms with Gasteiger partial charge in [0.25, 0.3) is 11.8 Å². The van der Waals surface area contributed by atoms with Gasteiger partial charge in [-0.25, -0.2) is 4.90 Å². The third-order valence-electron chi connectivity index (χ3n) is 3.28. The molecule has 1 aromatic carbocycles. The summed E-state index contributed by atoms with van der Waals surface area (Å²) in [5, 5.41) is 0. The molecule has 0 radical (unpaired) electrons. The van der Waals surface area contributed by atoms with Crippen molar-refractivity contribution < 1.29 is 28.7 Å². The summed E-state index contributed by atoms with van der Waals surface area (Å²) in [6.07, 6.45) is -2.00. The molecule has 0 aromatic heterocycles. The molecule has 1 atom stereocenters. The van der Waals surface area contributed by atoms with E-state index in [4.69, 9.17) is 9.47 Å². The van der Waals surface area contributed by atoms with Crippen LogP contribution >= 0.6 is 0 Å². The molecule has 1 aliphatic rings. The van der Waals surface area contributed by atoms with Gasteiger partial charge in [-0.15, -0.1) is 0 Å². The molecule has 0 saturated heterocycles. The molecule has 7 nitrogen and oxygen atoms in total. The van der Waals surface area contributed by atoms with Gasteiger partial charge < -0.3 is 9.47 Å². The fourth-order valence-electron chi connectivity index (χ4n) is 2.33. The number of nitrogens with zero attached hydrogens (tertiary/aromatic N) is 1. The largest absolute Gasteiger partial charge is 0.466 e. The Morgan fingerprint density at radius 3 is 2.09 bits per heavy atom. The maximum Gasteiger partial charge on any atom is 0.313 e. The quantitative estimate of drug-likeness (QED) is 0.426. The number of Topliss-reactive ketones (excluding diaryl/α,β-unsaturated/α-hetero) is 1. The van der Waals surface area contributed by atoms with E-state index in [9.17, 15) is 19.2 Å². The minimum atomic E-state index is -1.43. The van der Waals surface area contributed by atoms with E-state index in [0.29, 0.717) is 0 Å². The van der Waals surface area contributed by atoms with Gasteiger partial charge in [-0.05, 0) is 26.0 Å². The number of rotatable bonds is 7. The summed E-state index contributed by atoms with van der Waals surface area (Å²) < 4.78 is 9.98. The number of hydrogen-bond acceptors (Lipinski definition) is 6. The van der Waals surface area contributed by atoms with Gasteiger partial charge in [-0.1, -0.05) is 12.1 Å². The maximum absolute atomic E-state index is 12.4. The summed E-state index contributed by atoms with van der Waals surface area (Å²) in [5.74, 6) is -2.64. The number of ketones is 1. The van der Waals surface area contributed by atoms with Crippen LogP contribution in [0.15, 0.2) is 24.3 Å². The molecule has 1 aromatic rings. The van der Waals surface area contributed by atoms with Crippen molar-refractivity contribution in [3.8, 4) is 0 Å². The summed E-state index contributed by atoms with van der Waals surface area (Å²) in [5.41, 5.74) is 0.428. The lowest BCUT2D eigenvalue weighted by Crippen LogP contribution is -2.47. The Morgan fingerprint density at radius 2 is 1.61 bits per heavy atom. The van der Waals surface area contributed by atoms with Crippen molar-refractivity contribution >= 4 is 23.6 Å². The first-order valence-corrected chi connectivity index (χ1v) is 7.28. The minimum Gasteiger partial charge on any atom is -0.466 e. The molecule has 122 valence electrons. The fourth-order valence-corrected chi connectivity index (χ4v) is 2.33. The lowest BCUT2D eigenvalue weighted by atomic mass is 10.1. The van der Waals surface area contributed by atoms with Crippen molar-refractivity contribution in [3.63, 3.8) is 0 Å². The van der Waals surface area contributed by atoms with E-state index in [1.54, 1.807) is 26.0 Å². The Bertz CT molecular complexity index is 619. The van der Waals surface area contributed by atoms with Gasteiger partial charge in [-0.3, -0.25) is 19.2 Å². The summed E-state index contributed by atoms with van der Waals surface area (Å²) in [4.78, 5) is 49.3. The molecular weight excluding hydrogens is 302 g/mol. The number of hydrogen-bond donors (Lipinski definition) is 0. The Balaban J connectivity index is 2.25. The topological polar surface area (TPSA) is 90.0 Å². The molecule has 1 unspecified atom stereocenters. The summed E-state index contributed by atoms with van der Waals surface area (Å²) >= 11 is 0. The SMILES string of the molecule is CCOC(=O)CC(=O)C(OCC)N1C(=O)c2ccccc2C1=O. The standard InChI is InChI=1S/C16H17NO6/c1-3-22-13(19)9-12(18)16(23-4-2)17-14(20)10-7-5-6-8-11(10)15(17)21/h5-8,16H,3-4,9H2,1-2H3. The van der Waals surface area contributed by atoms with Crippen LogP contribution in [0.4, 0.5) is 0 Å². The van der Waals surface area contributed by atoms with Crippen molar-refractivity contribution in [1.29, 1.82) is 0 Å². The monoisotopic (exact) mass is 319 g/mol. The Kier molecular flexibility index (Phi) is 5.23. The zero-order valence-corrected chi connectivity index (χ0v) is 12.9. The van der Waals surface area contributed by atoms with Crippen molar-refractivity contribution in [2.75, 3.05) is 13.2 Å². The predicted octanol–water partition coefficient (Wildman–Crippen LogP) is 1.17. The average molecular weight is 319 g/mol. The first kappa shape index (κ1) is 16.8. The highest BCUT2D eigenvalue weighted by Crippen LogP contribution is 2.25. The number of esters is 1. The van der Waals surface area contributed by atoms with Gasteiger partial charge in [-0.2, -0.15) is 0 Å². The number of carbonyl (C=O) groups excluding carboxylic acids is 4. The van der Waals surface area contributed by atoms with Crippen LogP contribution in [0.25, 0.3) is 0 Å². The van der Waals surface area contributed by atoms with Gasteiger partial charge in [0, 0.05) is 6.61 Å². The average Bonchev–Trinajstić information content (AvgIpc) is 2.77. The zero-order valence-electron chi connectivity index (χ0n) is 12.9. The minimum absolute atomic E-state index is 0.104. The Hall–Kier alpha value is -2.54. The van der Waals surface area contributed by atoms with Crippen LogP contribution in [0.1, 0.15) is 41.0 Å². The number of ether oxygens (including phenoxy) is 2. The highest BCUT2D eigenvalue weighted by molar-refractivity contribution is 6.23. The van der Waals surface area contributed by atoms with Crippen molar-refractivity contribution in [3.05, 3.63) is 35.4 Å². The molecule has 23 heavy (non-hydrogen) atoms. The van der Waals surface area contributed by atoms with Crippen LogP contribution in [0, 0.1) is 0 Å². The highest BCUT2D eigenvalue weighted by Gasteiger charge is 2.43. The molecule has 0 fully saturated rings. The lowest BCUT2D eigenvalue weighted by Gasteiger charge is -2.24. The molecule has 0 aliphatic carbocycles. The van der Waals surface area contributed by atoms with Crippen LogP contribution in [0.5, 0.6) is 0 Å². The number of fused-ring (bicyclic) bond motifs is 1. The van der Waals surface area contributed by atoms with E-state index >= 15 is 0 Å². The summed E-state index contributed by atoms with van der Waals surface area (Å²) in [6.45, 7) is 3.49. The second-order valence-corrected chi connectivity index (χ2v) is 4.78. The van der Waals surface area contributed by atoms with E-state index in [0.717, 1.165) is 4.90 Å². The molecule has 2 rings (SSSR count). The molecule has 7 heteroatoms. The van der Waals surface area contributed by atoms with Crippen LogP contribution in [-0.4, -0.2) is 47.9 Å². The first-order chi connectivity index (χ1) is 11.0. The van der Waals surface area contributed by atoms with Crippen LogP contribution in [0.3, 0.4) is 0 Å². The molecule has 1 aliphatic heterocycles. The molecule has 2 amide bonds. The second kappa shape index (κ2) is 7.15. The van der Waals surface area contributed by atoms with E-state index in [-0.39, 0.29) is 24.3 Å². The number of imide groups is 1. The van der Waals surface area contributed by atoms with E-state index in [2.05, 4.69) is 0 Å². The molecule has 0 bridgehead atoms. The number of amides is 2. The van der Waals surface area contributed by atoms with Gasteiger partial charge in [0.15, 0.2) is 12.0 Å². The summed E-state index contributed by atoms with van der Waals surface area (Å²) in [6, 6.07) is 6.27. The lowest BCUT2D eigenvalue weighted by molar-refractivity contribution is -0.151. The number of benzene rings is 1. The third kappa shape index (κ3) is 3.29. The Labute approximate surface area is 133 Å². The second-order valence-electron chi connectivity index (χ2n) is 4.78. The van der Waals surface area contributed by atoms with Crippen LogP contribution in [0.2, 0.25) is 0 Å². The molecule has 0 N–H and O–H groups in total. The number of carbonyl (C=O) groups is 4. The van der Waals surface area contributed by atoms with E-state index < -0.39 is 36.2 Å². The third-order valence-corrected chi connectivity index (χ3v) is 3.28. The zero-order chi connectivity index (χ0) is 17.0.